The molecule has 24 heavy (non-hydrogen) atoms. The van der Waals surface area contributed by atoms with Crippen LogP contribution >= 0.6 is 11.3 Å². The Hall–Kier alpha value is -3.00. The number of hydrogen-bond donors (Lipinski definition) is 2. The van der Waals surface area contributed by atoms with E-state index in [0.717, 1.165) is 10.4 Å². The number of carboxylic acid groups (broad SMARTS) is 1. The maximum absolute atomic E-state index is 11.3. The molecule has 0 radical (unpaired) electrons. The summed E-state index contributed by atoms with van der Waals surface area (Å²) in [5, 5.41) is 15.2. The molecule has 0 aliphatic heterocycles. The van der Waals surface area contributed by atoms with E-state index in [2.05, 4.69) is 15.5 Å². The molecule has 2 aromatic heterocycles. The Morgan fingerprint density at radius 1 is 1.29 bits per heavy atom. The zero-order valence-electron chi connectivity index (χ0n) is 12.6. The Kier molecular flexibility index (Phi) is 4.39. The van der Waals surface area contributed by atoms with Crippen LogP contribution in [0.4, 0.5) is 5.13 Å². The van der Waals surface area contributed by atoms with Crippen LogP contribution in [0.1, 0.15) is 11.8 Å². The smallest absolute Gasteiger partial charge is 0.394 e. The summed E-state index contributed by atoms with van der Waals surface area (Å²) in [6.07, 6.45) is 0.670. The van der Waals surface area contributed by atoms with Gasteiger partial charge in [0.05, 0.1) is 0 Å². The summed E-state index contributed by atoms with van der Waals surface area (Å²) in [5.74, 6) is -2.07. The minimum atomic E-state index is -1.56. The van der Waals surface area contributed by atoms with Gasteiger partial charge in [-0.2, -0.15) is 0 Å². The highest BCUT2D eigenvalue weighted by molar-refractivity contribution is 7.16. The Morgan fingerprint density at radius 3 is 2.71 bits per heavy atom. The zero-order chi connectivity index (χ0) is 17.1. The number of aryl methyl sites for hydroxylation is 1. The summed E-state index contributed by atoms with van der Waals surface area (Å²) < 4.78 is 5.37. The number of aromatic nitrogens is 2. The molecule has 0 unspecified atom stereocenters. The van der Waals surface area contributed by atoms with Crippen molar-refractivity contribution in [2.45, 2.75) is 13.3 Å². The Morgan fingerprint density at radius 2 is 2.04 bits per heavy atom. The van der Waals surface area contributed by atoms with Crippen molar-refractivity contribution in [3.63, 3.8) is 0 Å². The van der Waals surface area contributed by atoms with Crippen molar-refractivity contribution in [2.24, 2.45) is 0 Å². The fourth-order valence-electron chi connectivity index (χ4n) is 2.12. The molecule has 2 heterocycles. The largest absolute Gasteiger partial charge is 0.474 e. The molecule has 3 aromatic rings. The van der Waals surface area contributed by atoms with E-state index in [0.29, 0.717) is 23.6 Å². The molecule has 0 saturated heterocycles. The van der Waals surface area contributed by atoms with Gasteiger partial charge >= 0.3 is 11.9 Å². The van der Waals surface area contributed by atoms with Gasteiger partial charge in [-0.3, -0.25) is 10.1 Å². The second-order valence-electron chi connectivity index (χ2n) is 4.85. The van der Waals surface area contributed by atoms with Gasteiger partial charge < -0.3 is 9.63 Å². The molecule has 122 valence electrons. The zero-order valence-corrected chi connectivity index (χ0v) is 13.5. The number of carbonyl (C=O) groups is 2. The number of rotatable bonds is 4. The van der Waals surface area contributed by atoms with Crippen molar-refractivity contribution >= 4 is 28.3 Å². The minimum absolute atomic E-state index is 0.221. The number of amides is 1. The lowest BCUT2D eigenvalue weighted by Crippen LogP contribution is -2.21. The summed E-state index contributed by atoms with van der Waals surface area (Å²) in [6.45, 7) is 1.94. The van der Waals surface area contributed by atoms with Crippen molar-refractivity contribution in [1.29, 1.82) is 0 Å². The van der Waals surface area contributed by atoms with E-state index in [-0.39, 0.29) is 5.13 Å². The first-order valence-corrected chi connectivity index (χ1v) is 7.96. The molecule has 2 N–H and O–H groups in total. The molecule has 0 saturated carbocycles. The fraction of sp³-hybridized carbons (Fsp3) is 0.125. The highest BCUT2D eigenvalue weighted by Gasteiger charge is 2.19. The van der Waals surface area contributed by atoms with E-state index in [1.165, 1.54) is 11.3 Å². The third-order valence-corrected chi connectivity index (χ3v) is 4.36. The molecule has 0 aliphatic carbocycles. The van der Waals surface area contributed by atoms with Crippen LogP contribution in [0.2, 0.25) is 0 Å². The van der Waals surface area contributed by atoms with Crippen LogP contribution in [0, 0.1) is 0 Å². The molecule has 1 aromatic carbocycles. The molecule has 0 spiro atoms. The Bertz CT molecular complexity index is 886. The molecular formula is C16H13N3O4S. The molecule has 3 rings (SSSR count). The molecule has 0 atom stereocenters. The van der Waals surface area contributed by atoms with Crippen LogP contribution in [0.3, 0.4) is 0 Å². The number of anilines is 1. The average Bonchev–Trinajstić information content (AvgIpc) is 3.22. The first kappa shape index (κ1) is 15.9. The molecular weight excluding hydrogens is 330 g/mol. The molecule has 0 fully saturated rings. The monoisotopic (exact) mass is 343 g/mol. The van der Waals surface area contributed by atoms with Gasteiger partial charge in [-0.15, -0.1) is 11.3 Å². The van der Waals surface area contributed by atoms with Gasteiger partial charge in [0.15, 0.2) is 10.9 Å². The van der Waals surface area contributed by atoms with Crippen LogP contribution in [-0.4, -0.2) is 27.1 Å². The molecule has 7 nitrogen and oxygen atoms in total. The number of carboxylic acids is 1. The van der Waals surface area contributed by atoms with Crippen LogP contribution < -0.4 is 5.32 Å². The standard InChI is InChI=1S/C16H13N3O4S/c1-2-12-13(17-16(24-12)18-14(20)15(21)22)10-8-11(23-19-10)9-6-4-3-5-7-9/h3-8H,2H2,1H3,(H,21,22)(H,17,18,20). The lowest BCUT2D eigenvalue weighted by Gasteiger charge is -1.94. The van der Waals surface area contributed by atoms with E-state index >= 15 is 0 Å². The SMILES string of the molecule is CCc1sc(NC(=O)C(=O)O)nc1-c1cc(-c2ccccc2)on1. The van der Waals surface area contributed by atoms with E-state index in [1.54, 1.807) is 6.07 Å². The summed E-state index contributed by atoms with van der Waals surface area (Å²) in [5.41, 5.74) is 2.01. The van der Waals surface area contributed by atoms with Crippen molar-refractivity contribution < 1.29 is 19.2 Å². The number of thiazole rings is 1. The Balaban J connectivity index is 1.92. The van der Waals surface area contributed by atoms with Crippen LogP contribution in [0.5, 0.6) is 0 Å². The fourth-order valence-corrected chi connectivity index (χ4v) is 3.03. The normalized spacial score (nSPS) is 10.5. The van der Waals surface area contributed by atoms with Crippen molar-refractivity contribution in [3.8, 4) is 22.7 Å². The van der Waals surface area contributed by atoms with Gasteiger partial charge in [0.1, 0.15) is 11.4 Å². The van der Waals surface area contributed by atoms with Gasteiger partial charge in [0.25, 0.3) is 0 Å². The Labute approximate surface area is 140 Å². The van der Waals surface area contributed by atoms with Crippen molar-refractivity contribution in [3.05, 3.63) is 41.3 Å². The number of nitrogens with zero attached hydrogens (tertiary/aromatic N) is 2. The van der Waals surface area contributed by atoms with E-state index in [4.69, 9.17) is 9.63 Å². The number of nitrogens with one attached hydrogen (secondary N) is 1. The maximum Gasteiger partial charge on any atom is 0.394 e. The van der Waals surface area contributed by atoms with Crippen LogP contribution in [-0.2, 0) is 16.0 Å². The predicted octanol–water partition coefficient (Wildman–Crippen LogP) is 3.05. The first-order valence-electron chi connectivity index (χ1n) is 7.15. The third-order valence-electron chi connectivity index (χ3n) is 3.24. The number of carbonyl (C=O) groups excluding carboxylic acids is 1. The average molecular weight is 343 g/mol. The lowest BCUT2D eigenvalue weighted by molar-refractivity contribution is -0.147. The van der Waals surface area contributed by atoms with Crippen molar-refractivity contribution in [1.82, 2.24) is 10.1 Å². The highest BCUT2D eigenvalue weighted by atomic mass is 32.1. The number of aliphatic carboxylic acids is 1. The number of benzene rings is 1. The van der Waals surface area contributed by atoms with Crippen molar-refractivity contribution in [2.75, 3.05) is 5.32 Å². The quantitative estimate of drug-likeness (QED) is 0.705. The van der Waals surface area contributed by atoms with E-state index in [9.17, 15) is 9.59 Å². The second kappa shape index (κ2) is 6.63. The summed E-state index contributed by atoms with van der Waals surface area (Å²) in [6, 6.07) is 11.3. The first-order chi connectivity index (χ1) is 11.6. The molecule has 8 heteroatoms. The maximum atomic E-state index is 11.3. The van der Waals surface area contributed by atoms with Gasteiger partial charge in [0, 0.05) is 16.5 Å². The summed E-state index contributed by atoms with van der Waals surface area (Å²) >= 11 is 1.22. The minimum Gasteiger partial charge on any atom is -0.474 e. The number of hydrogen-bond acceptors (Lipinski definition) is 6. The van der Waals surface area contributed by atoms with Crippen LogP contribution in [0.15, 0.2) is 40.9 Å². The van der Waals surface area contributed by atoms with Gasteiger partial charge in [-0.05, 0) is 6.42 Å². The second-order valence-corrected chi connectivity index (χ2v) is 5.93. The highest BCUT2D eigenvalue weighted by Crippen LogP contribution is 2.33. The van der Waals surface area contributed by atoms with Gasteiger partial charge in [-0.1, -0.05) is 42.4 Å². The van der Waals surface area contributed by atoms with Crippen LogP contribution in [0.25, 0.3) is 22.7 Å². The molecule has 0 bridgehead atoms. The molecule has 1 amide bonds. The van der Waals surface area contributed by atoms with Gasteiger partial charge in [-0.25, -0.2) is 9.78 Å². The summed E-state index contributed by atoms with van der Waals surface area (Å²) in [4.78, 5) is 27.1. The topological polar surface area (TPSA) is 105 Å². The lowest BCUT2D eigenvalue weighted by atomic mass is 10.1. The molecule has 0 aliphatic rings. The summed E-state index contributed by atoms with van der Waals surface area (Å²) in [7, 11) is 0. The third kappa shape index (κ3) is 3.18. The van der Waals surface area contributed by atoms with Gasteiger partial charge in [0.2, 0.25) is 0 Å². The van der Waals surface area contributed by atoms with E-state index in [1.807, 2.05) is 37.3 Å². The predicted molar refractivity (Wildman–Crippen MR) is 88.7 cm³/mol. The van der Waals surface area contributed by atoms with E-state index < -0.39 is 11.9 Å².